The number of benzene rings is 6. The maximum atomic E-state index is 6.49. The minimum absolute atomic E-state index is 0. The highest BCUT2D eigenvalue weighted by Crippen LogP contribution is 2.39. The van der Waals surface area contributed by atoms with Gasteiger partial charge in [-0.05, 0) is 88.2 Å². The lowest BCUT2D eigenvalue weighted by Crippen LogP contribution is -2.33. The molecule has 6 heteroatoms. The molecule has 1 aliphatic rings. The molecule has 6 aromatic carbocycles. The number of nitrogens with two attached hydrogens (primary N) is 1. The summed E-state index contributed by atoms with van der Waals surface area (Å²) in [6.45, 7) is 3.60. The molecular formula is C46H48Cl2N2O2. The smallest absolute Gasteiger partial charge is 0.119 e. The van der Waals surface area contributed by atoms with E-state index in [4.69, 9.17) is 15.2 Å². The second-order valence-electron chi connectivity index (χ2n) is 13.2. The van der Waals surface area contributed by atoms with Gasteiger partial charge in [-0.1, -0.05) is 140 Å². The van der Waals surface area contributed by atoms with E-state index in [9.17, 15) is 0 Å². The molecule has 0 aromatic heterocycles. The SMILES string of the molecule is Cl.Cl.NCc1ccc(C2CCCCN2Cc2ccccc2)cc1C(c1ccc(OCc2ccccc2)cc1)c1ccc(OCc2ccccc2)cc1. The number of halogens is 2. The third kappa shape index (κ3) is 9.84. The van der Waals surface area contributed by atoms with Crippen LogP contribution < -0.4 is 15.2 Å². The molecule has 1 heterocycles. The number of rotatable bonds is 13. The predicted octanol–water partition coefficient (Wildman–Crippen LogP) is 11.1. The van der Waals surface area contributed by atoms with Gasteiger partial charge >= 0.3 is 0 Å². The first kappa shape index (κ1) is 38.6. The van der Waals surface area contributed by atoms with Gasteiger partial charge in [0.05, 0.1) is 0 Å². The largest absolute Gasteiger partial charge is 0.489 e. The van der Waals surface area contributed by atoms with Crippen molar-refractivity contribution in [3.63, 3.8) is 0 Å². The fourth-order valence-corrected chi connectivity index (χ4v) is 7.20. The third-order valence-corrected chi connectivity index (χ3v) is 9.85. The number of hydrogen-bond acceptors (Lipinski definition) is 4. The fraction of sp³-hybridized carbons (Fsp3) is 0.217. The van der Waals surface area contributed by atoms with Gasteiger partial charge in [0.25, 0.3) is 0 Å². The zero-order valence-electron chi connectivity index (χ0n) is 29.5. The minimum Gasteiger partial charge on any atom is -0.489 e. The third-order valence-electron chi connectivity index (χ3n) is 9.85. The average Bonchev–Trinajstić information content (AvgIpc) is 3.19. The van der Waals surface area contributed by atoms with Gasteiger partial charge in [-0.3, -0.25) is 4.90 Å². The van der Waals surface area contributed by atoms with Crippen molar-refractivity contribution in [3.05, 3.63) is 202 Å². The second-order valence-corrected chi connectivity index (χ2v) is 13.2. The summed E-state index contributed by atoms with van der Waals surface area (Å²) in [7, 11) is 0. The van der Waals surface area contributed by atoms with Crippen LogP contribution >= 0.6 is 24.8 Å². The van der Waals surface area contributed by atoms with E-state index in [1.807, 2.05) is 36.4 Å². The van der Waals surface area contributed by atoms with E-state index in [-0.39, 0.29) is 30.7 Å². The van der Waals surface area contributed by atoms with E-state index in [2.05, 4.69) is 126 Å². The van der Waals surface area contributed by atoms with Crippen LogP contribution in [0.15, 0.2) is 158 Å². The monoisotopic (exact) mass is 730 g/mol. The van der Waals surface area contributed by atoms with Gasteiger partial charge in [-0.2, -0.15) is 0 Å². The Morgan fingerprint density at radius 1 is 0.577 bits per heavy atom. The van der Waals surface area contributed by atoms with Crippen LogP contribution in [0.25, 0.3) is 0 Å². The Kier molecular flexibility index (Phi) is 14.4. The zero-order chi connectivity index (χ0) is 34.0. The molecule has 0 radical (unpaired) electrons. The summed E-state index contributed by atoms with van der Waals surface area (Å²) in [5.41, 5.74) is 16.3. The molecule has 1 saturated heterocycles. The number of likely N-dealkylation sites (tertiary alicyclic amines) is 1. The van der Waals surface area contributed by atoms with Crippen molar-refractivity contribution in [3.8, 4) is 11.5 Å². The fourth-order valence-electron chi connectivity index (χ4n) is 7.20. The van der Waals surface area contributed by atoms with Crippen molar-refractivity contribution in [2.24, 2.45) is 5.73 Å². The van der Waals surface area contributed by atoms with Gasteiger partial charge in [0.2, 0.25) is 0 Å². The van der Waals surface area contributed by atoms with Crippen molar-refractivity contribution in [2.45, 2.75) is 57.5 Å². The van der Waals surface area contributed by atoms with E-state index in [1.165, 1.54) is 40.7 Å². The molecule has 1 unspecified atom stereocenters. The number of nitrogens with zero attached hydrogens (tertiary/aromatic N) is 1. The summed E-state index contributed by atoms with van der Waals surface area (Å²) >= 11 is 0. The van der Waals surface area contributed by atoms with Crippen molar-refractivity contribution in [1.82, 2.24) is 4.90 Å². The van der Waals surface area contributed by atoms with E-state index in [1.54, 1.807) is 0 Å². The Bertz CT molecular complexity index is 1840. The molecule has 52 heavy (non-hydrogen) atoms. The first-order valence-corrected chi connectivity index (χ1v) is 17.9. The van der Waals surface area contributed by atoms with Gasteiger partial charge in [0, 0.05) is 25.0 Å². The lowest BCUT2D eigenvalue weighted by Gasteiger charge is -2.37. The normalized spacial score (nSPS) is 14.2. The molecule has 7 rings (SSSR count). The highest BCUT2D eigenvalue weighted by Gasteiger charge is 2.27. The van der Waals surface area contributed by atoms with Gasteiger partial charge in [0.15, 0.2) is 0 Å². The first-order chi connectivity index (χ1) is 24.7. The molecule has 1 fully saturated rings. The average molecular weight is 732 g/mol. The van der Waals surface area contributed by atoms with E-state index in [0.717, 1.165) is 47.7 Å². The van der Waals surface area contributed by atoms with Crippen molar-refractivity contribution >= 4 is 24.8 Å². The molecular weight excluding hydrogens is 683 g/mol. The maximum absolute atomic E-state index is 6.49. The summed E-state index contributed by atoms with van der Waals surface area (Å²) in [6.07, 6.45) is 3.62. The summed E-state index contributed by atoms with van der Waals surface area (Å²) < 4.78 is 12.4. The van der Waals surface area contributed by atoms with Crippen LogP contribution in [0, 0.1) is 0 Å². The van der Waals surface area contributed by atoms with Gasteiger partial charge in [-0.25, -0.2) is 0 Å². The summed E-state index contributed by atoms with van der Waals surface area (Å²) in [6, 6.07) is 56.0. The Labute approximate surface area is 321 Å². The molecule has 0 aliphatic carbocycles. The Morgan fingerprint density at radius 3 is 1.58 bits per heavy atom. The quantitative estimate of drug-likeness (QED) is 0.120. The Hall–Kier alpha value is -4.58. The van der Waals surface area contributed by atoms with E-state index in [0.29, 0.717) is 25.8 Å². The minimum atomic E-state index is -0.00832. The highest BCUT2D eigenvalue weighted by atomic mass is 35.5. The van der Waals surface area contributed by atoms with E-state index < -0.39 is 0 Å². The van der Waals surface area contributed by atoms with Crippen LogP contribution in [0.1, 0.15) is 75.7 Å². The Morgan fingerprint density at radius 2 is 1.08 bits per heavy atom. The standard InChI is InChI=1S/C46H46N2O2.2ClH/c47-31-41-20-19-40(45-18-10-11-29-48(45)32-35-12-4-1-5-13-35)30-44(41)46(38-21-25-42(26-22-38)49-33-36-14-6-2-7-15-36)39-23-27-43(28-24-39)50-34-37-16-8-3-9-17-37;;/h1-9,12-17,19-28,30,45-46H,10-11,18,29,31-34,47H2;2*1H. The summed E-state index contributed by atoms with van der Waals surface area (Å²) in [5.74, 6) is 1.70. The molecule has 6 aromatic rings. The van der Waals surface area contributed by atoms with Crippen LogP contribution in [0.2, 0.25) is 0 Å². The molecule has 0 amide bonds. The van der Waals surface area contributed by atoms with Crippen LogP contribution in [0.3, 0.4) is 0 Å². The van der Waals surface area contributed by atoms with Gasteiger partial charge in [-0.15, -0.1) is 24.8 Å². The highest BCUT2D eigenvalue weighted by molar-refractivity contribution is 5.85. The molecule has 2 N–H and O–H groups in total. The van der Waals surface area contributed by atoms with Crippen LogP contribution in [-0.4, -0.2) is 11.4 Å². The number of hydrogen-bond donors (Lipinski definition) is 1. The number of ether oxygens (including phenoxy) is 2. The van der Waals surface area contributed by atoms with Gasteiger partial charge < -0.3 is 15.2 Å². The molecule has 0 spiro atoms. The number of piperidine rings is 1. The zero-order valence-corrected chi connectivity index (χ0v) is 31.1. The lowest BCUT2D eigenvalue weighted by molar-refractivity contribution is 0.140. The first-order valence-electron chi connectivity index (χ1n) is 17.9. The molecule has 1 aliphatic heterocycles. The molecule has 1 atom stereocenters. The molecule has 268 valence electrons. The van der Waals surface area contributed by atoms with Crippen LogP contribution in [0.4, 0.5) is 0 Å². The van der Waals surface area contributed by atoms with Crippen LogP contribution in [-0.2, 0) is 26.3 Å². The van der Waals surface area contributed by atoms with Crippen molar-refractivity contribution < 1.29 is 9.47 Å². The van der Waals surface area contributed by atoms with Crippen molar-refractivity contribution in [1.29, 1.82) is 0 Å². The predicted molar refractivity (Wildman–Crippen MR) is 218 cm³/mol. The van der Waals surface area contributed by atoms with Gasteiger partial charge in [0.1, 0.15) is 24.7 Å². The van der Waals surface area contributed by atoms with Crippen LogP contribution in [0.5, 0.6) is 11.5 Å². The maximum Gasteiger partial charge on any atom is 0.119 e. The van der Waals surface area contributed by atoms with Crippen molar-refractivity contribution in [2.75, 3.05) is 6.54 Å². The molecule has 0 bridgehead atoms. The Balaban J connectivity index is 0.00000261. The molecule has 0 saturated carbocycles. The second kappa shape index (κ2) is 19.3. The lowest BCUT2D eigenvalue weighted by atomic mass is 9.81. The van der Waals surface area contributed by atoms with E-state index >= 15 is 0 Å². The summed E-state index contributed by atoms with van der Waals surface area (Å²) in [5, 5.41) is 0. The topological polar surface area (TPSA) is 47.7 Å². The molecule has 4 nitrogen and oxygen atoms in total. The summed E-state index contributed by atoms with van der Waals surface area (Å²) in [4.78, 5) is 2.66.